The highest BCUT2D eigenvalue weighted by atomic mass is 15.1. The lowest BCUT2D eigenvalue weighted by Crippen LogP contribution is -2.26. The van der Waals surface area contributed by atoms with E-state index in [1.165, 1.54) is 37.0 Å². The molecule has 0 saturated carbocycles. The van der Waals surface area contributed by atoms with Gasteiger partial charge in [0.05, 0.1) is 0 Å². The summed E-state index contributed by atoms with van der Waals surface area (Å²) in [5.74, 6) is 0.554. The fourth-order valence-electron chi connectivity index (χ4n) is 2.31. The van der Waals surface area contributed by atoms with Crippen molar-refractivity contribution in [3.63, 3.8) is 0 Å². The summed E-state index contributed by atoms with van der Waals surface area (Å²) >= 11 is 0. The van der Waals surface area contributed by atoms with Crippen molar-refractivity contribution in [3.8, 4) is 0 Å². The second-order valence-corrected chi connectivity index (χ2v) is 4.43. The third kappa shape index (κ3) is 1.98. The molecule has 1 aliphatic heterocycles. The fourth-order valence-corrected chi connectivity index (χ4v) is 2.31. The van der Waals surface area contributed by atoms with E-state index in [9.17, 15) is 0 Å². The molecule has 76 valence electrons. The maximum atomic E-state index is 4.23. The van der Waals surface area contributed by atoms with Crippen molar-refractivity contribution in [2.75, 3.05) is 20.1 Å². The van der Waals surface area contributed by atoms with Gasteiger partial charge in [0.2, 0.25) is 0 Å². The van der Waals surface area contributed by atoms with Gasteiger partial charge in [0, 0.05) is 12.5 Å². The quantitative estimate of drug-likeness (QED) is 0.566. The normalized spacial score (nSPS) is 29.1. The fraction of sp³-hybridized carbons (Fsp3) is 0.538. The van der Waals surface area contributed by atoms with Gasteiger partial charge in [0.25, 0.3) is 0 Å². The van der Waals surface area contributed by atoms with Crippen LogP contribution in [0.15, 0.2) is 36.0 Å². The molecular weight excluding hydrogens is 170 g/mol. The van der Waals surface area contributed by atoms with Crippen molar-refractivity contribution >= 4 is 0 Å². The molecule has 1 heteroatoms. The number of hydrogen-bond acceptors (Lipinski definition) is 1. The first-order valence-corrected chi connectivity index (χ1v) is 5.52. The van der Waals surface area contributed by atoms with Crippen molar-refractivity contribution in [2.45, 2.75) is 19.3 Å². The molecule has 1 nitrogen and oxygen atoms in total. The molecule has 1 atom stereocenters. The van der Waals surface area contributed by atoms with Crippen LogP contribution in [-0.4, -0.2) is 25.0 Å². The minimum Gasteiger partial charge on any atom is -0.305 e. The van der Waals surface area contributed by atoms with E-state index in [-0.39, 0.29) is 0 Å². The second-order valence-electron chi connectivity index (χ2n) is 4.43. The molecule has 0 radical (unpaired) electrons. The first-order chi connectivity index (χ1) is 6.77. The Bertz CT molecular complexity index is 286. The highest BCUT2D eigenvalue weighted by Crippen LogP contribution is 2.29. The molecule has 0 aromatic heterocycles. The molecule has 1 heterocycles. The second kappa shape index (κ2) is 4.14. The molecule has 2 bridgehead atoms. The van der Waals surface area contributed by atoms with Crippen molar-refractivity contribution in [1.29, 1.82) is 0 Å². The largest absolute Gasteiger partial charge is 0.305 e. The van der Waals surface area contributed by atoms with E-state index in [0.29, 0.717) is 5.92 Å². The summed E-state index contributed by atoms with van der Waals surface area (Å²) in [6.45, 7) is 6.59. The highest BCUT2D eigenvalue weighted by molar-refractivity contribution is 5.40. The summed E-state index contributed by atoms with van der Waals surface area (Å²) in [7, 11) is 2.21. The van der Waals surface area contributed by atoms with Gasteiger partial charge in [0.15, 0.2) is 0 Å². The van der Waals surface area contributed by atoms with E-state index in [0.717, 1.165) is 6.54 Å². The Morgan fingerprint density at radius 2 is 2.29 bits per heavy atom. The Morgan fingerprint density at radius 1 is 1.43 bits per heavy atom. The van der Waals surface area contributed by atoms with Gasteiger partial charge in [-0.15, -0.1) is 0 Å². The van der Waals surface area contributed by atoms with Gasteiger partial charge < -0.3 is 4.90 Å². The predicted molar refractivity (Wildman–Crippen MR) is 61.2 cm³/mol. The minimum absolute atomic E-state index is 0.554. The van der Waals surface area contributed by atoms with Gasteiger partial charge in [-0.1, -0.05) is 24.8 Å². The minimum atomic E-state index is 0.554. The van der Waals surface area contributed by atoms with Crippen molar-refractivity contribution in [2.24, 2.45) is 5.92 Å². The number of nitrogens with zero attached hydrogens (tertiary/aromatic N) is 1. The third-order valence-corrected chi connectivity index (χ3v) is 3.25. The Labute approximate surface area is 86.8 Å². The van der Waals surface area contributed by atoms with Gasteiger partial charge in [-0.2, -0.15) is 0 Å². The summed E-state index contributed by atoms with van der Waals surface area (Å²) in [6, 6.07) is 0. The maximum Gasteiger partial charge on any atom is 0.0145 e. The highest BCUT2D eigenvalue weighted by Gasteiger charge is 2.19. The number of fused-ring (bicyclic) bond motifs is 2. The van der Waals surface area contributed by atoms with Gasteiger partial charge in [-0.3, -0.25) is 0 Å². The molecule has 1 unspecified atom stereocenters. The van der Waals surface area contributed by atoms with Crippen LogP contribution in [-0.2, 0) is 0 Å². The molecule has 0 amide bonds. The lowest BCUT2D eigenvalue weighted by atomic mass is 9.87. The first-order valence-electron chi connectivity index (χ1n) is 5.52. The average molecular weight is 189 g/mol. The van der Waals surface area contributed by atoms with Crippen LogP contribution >= 0.6 is 0 Å². The SMILES string of the molecule is C=C1C2=CC=CC1CN(C)CCCC2. The standard InChI is InChI=1S/C13H19N/c1-11-12-6-3-4-9-14(2)10-13(11)8-5-7-12/h5,7-8,13H,1,3-4,6,9-10H2,2H3. The van der Waals surface area contributed by atoms with E-state index in [1.807, 2.05) is 0 Å². The van der Waals surface area contributed by atoms with Crippen molar-refractivity contribution < 1.29 is 0 Å². The first kappa shape index (κ1) is 9.72. The number of rotatable bonds is 0. The molecule has 2 rings (SSSR count). The van der Waals surface area contributed by atoms with E-state index >= 15 is 0 Å². The molecule has 0 aromatic carbocycles. The van der Waals surface area contributed by atoms with E-state index in [4.69, 9.17) is 0 Å². The summed E-state index contributed by atoms with van der Waals surface area (Å²) in [5, 5.41) is 0. The zero-order valence-corrected chi connectivity index (χ0v) is 9.00. The monoisotopic (exact) mass is 189 g/mol. The average Bonchev–Trinajstić information content (AvgIpc) is 2.22. The summed E-state index contributed by atoms with van der Waals surface area (Å²) in [5.41, 5.74) is 2.83. The van der Waals surface area contributed by atoms with Crippen LogP contribution in [0, 0.1) is 5.92 Å². The molecule has 2 aliphatic rings. The summed E-state index contributed by atoms with van der Waals surface area (Å²) in [6.07, 6.45) is 10.6. The molecule has 1 fully saturated rings. The van der Waals surface area contributed by atoms with Gasteiger partial charge in [-0.05, 0) is 44.0 Å². The summed E-state index contributed by atoms with van der Waals surface area (Å²) < 4.78 is 0. The van der Waals surface area contributed by atoms with Crippen molar-refractivity contribution in [3.05, 3.63) is 36.0 Å². The molecular formula is C13H19N. The molecule has 1 aliphatic carbocycles. The van der Waals surface area contributed by atoms with E-state index in [2.05, 4.69) is 36.8 Å². The van der Waals surface area contributed by atoms with Crippen molar-refractivity contribution in [1.82, 2.24) is 4.90 Å². The van der Waals surface area contributed by atoms with Crippen LogP contribution in [0.2, 0.25) is 0 Å². The molecule has 14 heavy (non-hydrogen) atoms. The summed E-state index contributed by atoms with van der Waals surface area (Å²) in [4.78, 5) is 2.43. The predicted octanol–water partition coefficient (Wildman–Crippen LogP) is 2.77. The van der Waals surface area contributed by atoms with E-state index in [1.54, 1.807) is 0 Å². The maximum absolute atomic E-state index is 4.23. The Morgan fingerprint density at radius 3 is 3.14 bits per heavy atom. The molecule has 0 spiro atoms. The Kier molecular flexibility index (Phi) is 2.87. The van der Waals surface area contributed by atoms with Gasteiger partial charge >= 0.3 is 0 Å². The zero-order chi connectivity index (χ0) is 9.97. The van der Waals surface area contributed by atoms with Crippen LogP contribution in [0.25, 0.3) is 0 Å². The smallest absolute Gasteiger partial charge is 0.0145 e. The molecule has 1 saturated heterocycles. The van der Waals surface area contributed by atoms with Gasteiger partial charge in [0.1, 0.15) is 0 Å². The zero-order valence-electron chi connectivity index (χ0n) is 9.00. The molecule has 0 N–H and O–H groups in total. The lowest BCUT2D eigenvalue weighted by Gasteiger charge is -2.24. The van der Waals surface area contributed by atoms with Crippen LogP contribution in [0.4, 0.5) is 0 Å². The Balaban J connectivity index is 2.19. The van der Waals surface area contributed by atoms with Crippen LogP contribution in [0.3, 0.4) is 0 Å². The van der Waals surface area contributed by atoms with Crippen LogP contribution < -0.4 is 0 Å². The van der Waals surface area contributed by atoms with Crippen LogP contribution in [0.1, 0.15) is 19.3 Å². The third-order valence-electron chi connectivity index (χ3n) is 3.25. The number of allylic oxidation sites excluding steroid dienone is 3. The van der Waals surface area contributed by atoms with E-state index < -0.39 is 0 Å². The van der Waals surface area contributed by atoms with Crippen LogP contribution in [0.5, 0.6) is 0 Å². The number of hydrogen-bond donors (Lipinski definition) is 0. The molecule has 0 aromatic rings. The van der Waals surface area contributed by atoms with Gasteiger partial charge in [-0.25, -0.2) is 0 Å². The Hall–Kier alpha value is -0.820. The lowest BCUT2D eigenvalue weighted by molar-refractivity contribution is 0.312. The topological polar surface area (TPSA) is 3.24 Å².